The Labute approximate surface area is 362 Å². The predicted molar refractivity (Wildman–Crippen MR) is 219 cm³/mol. The van der Waals surface area contributed by atoms with Gasteiger partial charge in [0.15, 0.2) is 0 Å². The van der Waals surface area contributed by atoms with E-state index in [1.54, 1.807) is 30.3 Å². The third-order valence-corrected chi connectivity index (χ3v) is 9.60. The van der Waals surface area contributed by atoms with Crippen LogP contribution >= 0.6 is 0 Å². The van der Waals surface area contributed by atoms with Gasteiger partial charge in [-0.1, -0.05) is 30.3 Å². The van der Waals surface area contributed by atoms with E-state index in [4.69, 9.17) is 11.5 Å². The molecular weight excluding hydrogens is 836 g/mol. The van der Waals surface area contributed by atoms with Gasteiger partial charge in [0.25, 0.3) is 0 Å². The summed E-state index contributed by atoms with van der Waals surface area (Å²) in [6.45, 7) is -2.02. The van der Waals surface area contributed by atoms with Crippen LogP contribution in [0.1, 0.15) is 58.9 Å². The molecule has 1 heterocycles. The molecule has 9 amide bonds. The third kappa shape index (κ3) is 17.9. The molecule has 1 aromatic carbocycles. The Morgan fingerprint density at radius 1 is 0.571 bits per heavy atom. The summed E-state index contributed by atoms with van der Waals surface area (Å²) >= 11 is 0. The summed E-state index contributed by atoms with van der Waals surface area (Å²) in [7, 11) is 0. The molecule has 0 saturated carbocycles. The maximum absolute atomic E-state index is 13.9. The van der Waals surface area contributed by atoms with E-state index in [0.717, 1.165) is 6.92 Å². The minimum atomic E-state index is -1.92. The second-order valence-electron chi connectivity index (χ2n) is 14.6. The maximum atomic E-state index is 13.9. The molecule has 0 spiro atoms. The van der Waals surface area contributed by atoms with Crippen LogP contribution in [0.5, 0.6) is 0 Å². The molecule has 0 aromatic heterocycles. The highest BCUT2D eigenvalue weighted by molar-refractivity contribution is 5.99. The molecule has 63 heavy (non-hydrogen) atoms. The molecule has 1 aliphatic heterocycles. The number of benzene rings is 1. The Morgan fingerprint density at radius 3 is 1.38 bits per heavy atom. The molecule has 9 atom stereocenters. The Morgan fingerprint density at radius 2 is 0.952 bits per heavy atom. The number of rotatable bonds is 16. The van der Waals surface area contributed by atoms with Crippen LogP contribution in [0.25, 0.3) is 0 Å². The van der Waals surface area contributed by atoms with Crippen LogP contribution < -0.4 is 54.0 Å². The Balaban J connectivity index is 0.0000205. The van der Waals surface area contributed by atoms with E-state index in [1.807, 2.05) is 0 Å². The second-order valence-corrected chi connectivity index (χ2v) is 14.6. The molecule has 0 aliphatic carbocycles. The van der Waals surface area contributed by atoms with Gasteiger partial charge in [0.2, 0.25) is 53.2 Å². The van der Waals surface area contributed by atoms with Gasteiger partial charge in [0.05, 0.1) is 25.9 Å². The fraction of sp³-hybridized carbons (Fsp3) is 0.579. The van der Waals surface area contributed by atoms with Crippen LogP contribution in [0, 0.1) is 0 Å². The van der Waals surface area contributed by atoms with Gasteiger partial charge in [0, 0.05) is 20.7 Å². The number of carbonyl (C=O) groups is 10. The summed E-state index contributed by atoms with van der Waals surface area (Å²) in [5, 5.41) is 68.3. The van der Waals surface area contributed by atoms with Crippen LogP contribution in [0.4, 0.5) is 0 Å². The zero-order chi connectivity index (χ0) is 47.2. The predicted octanol–water partition coefficient (Wildman–Crippen LogP) is -7.02. The molecule has 1 aliphatic rings. The van der Waals surface area contributed by atoms with Crippen molar-refractivity contribution in [2.24, 2.45) is 11.5 Å². The smallest absolute Gasteiger partial charge is 0.303 e. The van der Waals surface area contributed by atoms with E-state index in [-0.39, 0.29) is 27.2 Å². The monoisotopic (exact) mass is 896 g/mol. The normalized spacial score (nSPS) is 25.6. The number of unbranched alkanes of at least 4 members (excludes halogenated alkanes) is 1. The van der Waals surface area contributed by atoms with Crippen LogP contribution in [0.2, 0.25) is 0 Å². The summed E-state index contributed by atoms with van der Waals surface area (Å²) < 4.78 is 0. The molecular formula is C38H60N10O15. The van der Waals surface area contributed by atoms with Crippen molar-refractivity contribution in [1.29, 1.82) is 0 Å². The van der Waals surface area contributed by atoms with Crippen molar-refractivity contribution in [2.75, 3.05) is 26.4 Å². The van der Waals surface area contributed by atoms with Gasteiger partial charge in [-0.3, -0.25) is 47.9 Å². The average molecular weight is 897 g/mol. The lowest BCUT2D eigenvalue weighted by Crippen LogP contribution is -2.63. The van der Waals surface area contributed by atoms with Crippen molar-refractivity contribution >= 4 is 59.1 Å². The van der Waals surface area contributed by atoms with E-state index in [2.05, 4.69) is 42.5 Å². The summed E-state index contributed by atoms with van der Waals surface area (Å²) in [6.07, 6.45) is -3.83. The molecule has 2 rings (SSSR count). The molecule has 352 valence electrons. The van der Waals surface area contributed by atoms with Crippen LogP contribution in [0.15, 0.2) is 30.3 Å². The quantitative estimate of drug-likeness (QED) is 0.0686. The molecule has 25 nitrogen and oxygen atoms in total. The minimum Gasteiger partial charge on any atom is -0.481 e. The SMILES string of the molecule is C[C@@H](O)[C@@H]1NC(=O)C(CCC(=O)O)NC(=O)C(CO)NC(=O)C(CCC(N)=O)NC(=O)[C@H](Cc2ccccc2)NC(=O)C(CO)NC(=O)[C@H](CCCCN)NC(=O)C(CO)NC1=O.[HH]. The van der Waals surface area contributed by atoms with Crippen molar-refractivity contribution in [1.82, 2.24) is 42.5 Å². The van der Waals surface area contributed by atoms with Gasteiger partial charge in [0.1, 0.15) is 48.3 Å². The maximum Gasteiger partial charge on any atom is 0.303 e. The molecule has 17 N–H and O–H groups in total. The van der Waals surface area contributed by atoms with E-state index < -0.39 is 159 Å². The van der Waals surface area contributed by atoms with Crippen molar-refractivity contribution in [2.45, 2.75) is 113 Å². The summed E-state index contributed by atoms with van der Waals surface area (Å²) in [6, 6.07) is -5.81. The molecule has 25 heteroatoms. The number of nitrogens with two attached hydrogens (primary N) is 2. The van der Waals surface area contributed by atoms with Gasteiger partial charge in [-0.05, 0) is 51.1 Å². The summed E-state index contributed by atoms with van der Waals surface area (Å²) in [4.78, 5) is 132. The number of primary amides is 1. The largest absolute Gasteiger partial charge is 0.481 e. The molecule has 1 saturated heterocycles. The molecule has 1 fully saturated rings. The zero-order valence-corrected chi connectivity index (χ0v) is 34.5. The van der Waals surface area contributed by atoms with Gasteiger partial charge in [-0.25, -0.2) is 0 Å². The number of amides is 9. The minimum absolute atomic E-state index is 0. The highest BCUT2D eigenvalue weighted by Gasteiger charge is 2.37. The lowest BCUT2D eigenvalue weighted by Gasteiger charge is -2.29. The summed E-state index contributed by atoms with van der Waals surface area (Å²) in [5.41, 5.74) is 11.4. The second kappa shape index (κ2) is 26.9. The van der Waals surface area contributed by atoms with Crippen LogP contribution in [0.3, 0.4) is 0 Å². The van der Waals surface area contributed by atoms with E-state index >= 15 is 0 Å². The van der Waals surface area contributed by atoms with Gasteiger partial charge >= 0.3 is 5.97 Å². The Hall–Kier alpha value is -6.28. The standard InChI is InChI=1S/C38H58N10O15.H2/c1-19(52)30-38(63)47-27(18-51)36(61)41-21(9-5-6-14-39)31(56)45-26(17-50)37(62)44-24(15-20-7-3-2-4-8-20)34(59)42-22(10-12-28(40)53)32(57)46-25(16-49)35(60)43-23(33(58)48-30)11-13-29(54)55;/h2-4,7-8,19,21-27,30,49-52H,5-6,9-18,39H2,1H3,(H2,40,53)(H,41,61)(H,42,59)(H,43,60)(H,44,62)(H,45,56)(H,46,57)(H,47,63)(H,48,58)(H,54,55);1H/t19-,21+,22?,23?,24+,25?,26?,27?,30+;/m1./s1. The lowest BCUT2D eigenvalue weighted by molar-refractivity contribution is -0.139. The first-order chi connectivity index (χ1) is 29.8. The number of aliphatic hydroxyl groups is 4. The van der Waals surface area contributed by atoms with Gasteiger partial charge in [-0.2, -0.15) is 0 Å². The van der Waals surface area contributed by atoms with E-state index in [9.17, 15) is 73.5 Å². The fourth-order valence-corrected chi connectivity index (χ4v) is 6.05. The number of nitrogens with one attached hydrogen (secondary N) is 8. The number of carboxylic acids is 1. The number of carboxylic acid groups (broad SMARTS) is 1. The van der Waals surface area contributed by atoms with E-state index in [1.165, 1.54) is 0 Å². The first-order valence-corrected chi connectivity index (χ1v) is 20.0. The topological polar surface area (TPSA) is 420 Å². The molecule has 0 radical (unpaired) electrons. The number of carbonyl (C=O) groups excluding carboxylic acids is 9. The number of aliphatic carboxylic acids is 1. The highest BCUT2D eigenvalue weighted by Crippen LogP contribution is 2.09. The first kappa shape index (κ1) is 52.9. The Bertz CT molecular complexity index is 1780. The number of hydrogen-bond acceptors (Lipinski definition) is 15. The van der Waals surface area contributed by atoms with Crippen molar-refractivity contribution in [3.05, 3.63) is 35.9 Å². The van der Waals surface area contributed by atoms with Gasteiger partial charge in [-0.15, -0.1) is 0 Å². The average Bonchev–Trinajstić information content (AvgIpc) is 3.24. The summed E-state index contributed by atoms with van der Waals surface area (Å²) in [5.74, 6) is -11.6. The fourth-order valence-electron chi connectivity index (χ4n) is 6.05. The zero-order valence-electron chi connectivity index (χ0n) is 34.5. The van der Waals surface area contributed by atoms with Crippen LogP contribution in [-0.2, 0) is 54.4 Å². The molecule has 1 aromatic rings. The van der Waals surface area contributed by atoms with Gasteiger partial charge < -0.3 is 79.5 Å². The van der Waals surface area contributed by atoms with Crippen molar-refractivity contribution in [3.63, 3.8) is 0 Å². The first-order valence-electron chi connectivity index (χ1n) is 20.0. The highest BCUT2D eigenvalue weighted by atomic mass is 16.4. The third-order valence-electron chi connectivity index (χ3n) is 9.60. The number of hydrogen-bond donors (Lipinski definition) is 15. The lowest BCUT2D eigenvalue weighted by atomic mass is 10.0. The Kier molecular flexibility index (Phi) is 22.6. The molecule has 5 unspecified atom stereocenters. The van der Waals surface area contributed by atoms with Crippen molar-refractivity contribution in [3.8, 4) is 0 Å². The molecule has 0 bridgehead atoms. The van der Waals surface area contributed by atoms with Crippen molar-refractivity contribution < 1.29 is 74.9 Å². The van der Waals surface area contributed by atoms with Crippen LogP contribution in [-0.4, -0.2) is 165 Å². The number of aliphatic hydroxyl groups excluding tert-OH is 4. The van der Waals surface area contributed by atoms with E-state index in [0.29, 0.717) is 12.0 Å².